The molecule has 1 aromatic heterocycles. The van der Waals surface area contributed by atoms with E-state index in [-0.39, 0.29) is 18.4 Å². The van der Waals surface area contributed by atoms with Crippen LogP contribution in [0.15, 0.2) is 72.1 Å². The zero-order valence-corrected chi connectivity index (χ0v) is 16.6. The van der Waals surface area contributed by atoms with Gasteiger partial charge in [-0.25, -0.2) is 4.98 Å². The molecule has 6 nitrogen and oxygen atoms in total. The summed E-state index contributed by atoms with van der Waals surface area (Å²) >= 11 is 1.56. The summed E-state index contributed by atoms with van der Waals surface area (Å²) in [7, 11) is 1.63. The summed E-state index contributed by atoms with van der Waals surface area (Å²) in [4.78, 5) is 31.4. The van der Waals surface area contributed by atoms with Crippen molar-refractivity contribution in [2.75, 3.05) is 25.2 Å². The van der Waals surface area contributed by atoms with E-state index >= 15 is 0 Å². The van der Waals surface area contributed by atoms with E-state index in [1.807, 2.05) is 53.4 Å². The molecule has 0 bridgehead atoms. The molecule has 0 unspecified atom stereocenters. The molecule has 1 N–H and O–H groups in total. The van der Waals surface area contributed by atoms with Gasteiger partial charge in [-0.2, -0.15) is 0 Å². The van der Waals surface area contributed by atoms with Gasteiger partial charge in [-0.3, -0.25) is 9.59 Å². The molecule has 2 amide bonds. The van der Waals surface area contributed by atoms with E-state index in [9.17, 15) is 9.59 Å². The summed E-state index contributed by atoms with van der Waals surface area (Å²) in [5.41, 5.74) is 2.38. The maximum atomic E-state index is 12.6. The molecule has 7 heteroatoms. The SMILES string of the molecule is CSc1ccccc1NC(=O)CN(C)C(=O)c1ccc(Cn2ccnc2)cc1. The molecule has 2 aromatic carbocycles. The topological polar surface area (TPSA) is 67.2 Å². The van der Waals surface area contributed by atoms with E-state index in [2.05, 4.69) is 10.3 Å². The molecule has 1 heterocycles. The average molecular weight is 395 g/mol. The molecule has 0 aliphatic carbocycles. The van der Waals surface area contributed by atoms with Crippen LogP contribution in [-0.2, 0) is 11.3 Å². The van der Waals surface area contributed by atoms with Gasteiger partial charge in [0.25, 0.3) is 5.91 Å². The lowest BCUT2D eigenvalue weighted by Gasteiger charge is -2.18. The van der Waals surface area contributed by atoms with Crippen LogP contribution in [0.5, 0.6) is 0 Å². The molecule has 3 aromatic rings. The molecule has 0 atom stereocenters. The van der Waals surface area contributed by atoms with E-state index in [1.165, 1.54) is 4.90 Å². The Hall–Kier alpha value is -3.06. The van der Waals surface area contributed by atoms with Crippen LogP contribution < -0.4 is 5.32 Å². The second-order valence-corrected chi connectivity index (χ2v) is 7.19. The highest BCUT2D eigenvalue weighted by molar-refractivity contribution is 7.98. The Kier molecular flexibility index (Phi) is 6.49. The number of benzene rings is 2. The first-order chi connectivity index (χ1) is 13.6. The smallest absolute Gasteiger partial charge is 0.254 e. The number of para-hydroxylation sites is 1. The standard InChI is InChI=1S/C21H22N4O2S/c1-24(14-20(26)23-18-5-3-4-6-19(18)28-2)21(27)17-9-7-16(8-10-17)13-25-12-11-22-15-25/h3-12,15H,13-14H2,1-2H3,(H,23,26). The Labute approximate surface area is 168 Å². The average Bonchev–Trinajstić information content (AvgIpc) is 3.21. The fraction of sp³-hybridized carbons (Fsp3) is 0.190. The van der Waals surface area contributed by atoms with Crippen LogP contribution in [0.25, 0.3) is 0 Å². The Balaban J connectivity index is 1.58. The van der Waals surface area contributed by atoms with Crippen molar-refractivity contribution in [3.8, 4) is 0 Å². The Bertz CT molecular complexity index is 939. The van der Waals surface area contributed by atoms with Gasteiger partial charge in [0.15, 0.2) is 0 Å². The molecule has 28 heavy (non-hydrogen) atoms. The summed E-state index contributed by atoms with van der Waals surface area (Å²) in [5.74, 6) is -0.420. The third-order valence-corrected chi connectivity index (χ3v) is 5.03. The quantitative estimate of drug-likeness (QED) is 0.624. The molecule has 3 rings (SSSR count). The highest BCUT2D eigenvalue weighted by Crippen LogP contribution is 2.24. The zero-order valence-electron chi connectivity index (χ0n) is 15.8. The van der Waals surface area contributed by atoms with Crippen molar-refractivity contribution >= 4 is 29.3 Å². The third-order valence-electron chi connectivity index (χ3n) is 4.23. The number of rotatable bonds is 7. The number of imidazole rings is 1. The molecule has 0 aliphatic rings. The van der Waals surface area contributed by atoms with Crippen molar-refractivity contribution < 1.29 is 9.59 Å². The Morgan fingerprint density at radius 3 is 2.57 bits per heavy atom. The number of hydrogen-bond acceptors (Lipinski definition) is 4. The van der Waals surface area contributed by atoms with Crippen molar-refractivity contribution in [1.29, 1.82) is 0 Å². The van der Waals surface area contributed by atoms with Gasteiger partial charge < -0.3 is 14.8 Å². The van der Waals surface area contributed by atoms with Crippen LogP contribution in [0.2, 0.25) is 0 Å². The van der Waals surface area contributed by atoms with E-state index in [4.69, 9.17) is 0 Å². The Morgan fingerprint density at radius 1 is 1.14 bits per heavy atom. The molecule has 0 aliphatic heterocycles. The zero-order chi connectivity index (χ0) is 19.9. The van der Waals surface area contributed by atoms with E-state index < -0.39 is 0 Å². The number of amides is 2. The van der Waals surface area contributed by atoms with E-state index in [1.54, 1.807) is 43.5 Å². The van der Waals surface area contributed by atoms with E-state index in [0.717, 1.165) is 16.1 Å². The Morgan fingerprint density at radius 2 is 1.89 bits per heavy atom. The lowest BCUT2D eigenvalue weighted by Crippen LogP contribution is -2.35. The van der Waals surface area contributed by atoms with Gasteiger partial charge in [0.1, 0.15) is 0 Å². The molecule has 0 saturated heterocycles. The molecule has 144 valence electrons. The van der Waals surface area contributed by atoms with E-state index in [0.29, 0.717) is 12.1 Å². The largest absolute Gasteiger partial charge is 0.333 e. The monoisotopic (exact) mass is 394 g/mol. The fourth-order valence-electron chi connectivity index (χ4n) is 2.79. The number of likely N-dealkylation sites (N-methyl/N-ethyl adjacent to an activating group) is 1. The van der Waals surface area contributed by atoms with Crippen LogP contribution in [-0.4, -0.2) is 46.1 Å². The predicted molar refractivity (Wildman–Crippen MR) is 112 cm³/mol. The first-order valence-corrected chi connectivity index (χ1v) is 10.0. The van der Waals surface area contributed by atoms with Gasteiger partial charge in [-0.1, -0.05) is 24.3 Å². The van der Waals surface area contributed by atoms with Gasteiger partial charge in [-0.05, 0) is 36.1 Å². The number of carbonyl (C=O) groups is 2. The second kappa shape index (κ2) is 9.23. The van der Waals surface area contributed by atoms with Crippen molar-refractivity contribution in [3.63, 3.8) is 0 Å². The van der Waals surface area contributed by atoms with Crippen molar-refractivity contribution in [2.24, 2.45) is 0 Å². The van der Waals surface area contributed by atoms with Crippen LogP contribution >= 0.6 is 11.8 Å². The minimum Gasteiger partial charge on any atom is -0.333 e. The lowest BCUT2D eigenvalue weighted by atomic mass is 10.1. The minimum absolute atomic E-state index is 0.0155. The summed E-state index contributed by atoms with van der Waals surface area (Å²) < 4.78 is 1.96. The van der Waals surface area contributed by atoms with Crippen LogP contribution in [0.3, 0.4) is 0 Å². The molecular formula is C21H22N4O2S. The number of nitrogens with zero attached hydrogens (tertiary/aromatic N) is 3. The summed E-state index contributed by atoms with van der Waals surface area (Å²) in [5, 5.41) is 2.87. The number of aromatic nitrogens is 2. The molecule has 0 fully saturated rings. The van der Waals surface area contributed by atoms with Crippen LogP contribution in [0.4, 0.5) is 5.69 Å². The maximum Gasteiger partial charge on any atom is 0.254 e. The van der Waals surface area contributed by atoms with Crippen LogP contribution in [0, 0.1) is 0 Å². The number of anilines is 1. The fourth-order valence-corrected chi connectivity index (χ4v) is 3.34. The molecule has 0 radical (unpaired) electrons. The molecule has 0 spiro atoms. The molecule has 0 saturated carbocycles. The first kappa shape index (κ1) is 19.7. The summed E-state index contributed by atoms with van der Waals surface area (Å²) in [6.45, 7) is 0.680. The summed E-state index contributed by atoms with van der Waals surface area (Å²) in [6, 6.07) is 15.0. The van der Waals surface area contributed by atoms with Gasteiger partial charge in [0.05, 0.1) is 18.6 Å². The van der Waals surface area contributed by atoms with Gasteiger partial charge in [-0.15, -0.1) is 11.8 Å². The van der Waals surface area contributed by atoms with Gasteiger partial charge in [0.2, 0.25) is 5.91 Å². The number of hydrogen-bond donors (Lipinski definition) is 1. The number of thioether (sulfide) groups is 1. The number of nitrogens with one attached hydrogen (secondary N) is 1. The van der Waals surface area contributed by atoms with Crippen LogP contribution in [0.1, 0.15) is 15.9 Å². The first-order valence-electron chi connectivity index (χ1n) is 8.80. The normalized spacial score (nSPS) is 10.5. The van der Waals surface area contributed by atoms with Gasteiger partial charge in [0, 0.05) is 36.4 Å². The van der Waals surface area contributed by atoms with Gasteiger partial charge >= 0.3 is 0 Å². The van der Waals surface area contributed by atoms with Crippen molar-refractivity contribution in [3.05, 3.63) is 78.4 Å². The lowest BCUT2D eigenvalue weighted by molar-refractivity contribution is -0.116. The third kappa shape index (κ3) is 5.01. The molecular weight excluding hydrogens is 372 g/mol. The highest BCUT2D eigenvalue weighted by Gasteiger charge is 2.16. The van der Waals surface area contributed by atoms with Crippen molar-refractivity contribution in [1.82, 2.24) is 14.5 Å². The number of carbonyl (C=O) groups excluding carboxylic acids is 2. The predicted octanol–water partition coefficient (Wildman–Crippen LogP) is 3.36. The van der Waals surface area contributed by atoms with Crippen molar-refractivity contribution in [2.45, 2.75) is 11.4 Å². The highest BCUT2D eigenvalue weighted by atomic mass is 32.2. The second-order valence-electron chi connectivity index (χ2n) is 6.34. The maximum absolute atomic E-state index is 12.6. The minimum atomic E-state index is -0.228. The summed E-state index contributed by atoms with van der Waals surface area (Å²) in [6.07, 6.45) is 7.33.